The Morgan fingerprint density at radius 3 is 2.39 bits per heavy atom. The zero-order chi connectivity index (χ0) is 20.7. The van der Waals surface area contributed by atoms with E-state index in [9.17, 15) is 21.6 Å². The van der Waals surface area contributed by atoms with Crippen LogP contribution in [0.15, 0.2) is 12.1 Å². The molecule has 3 rings (SSSR count). The number of hydrogen-bond acceptors (Lipinski definition) is 5. The Kier molecular flexibility index (Phi) is 5.48. The molecule has 0 atom stereocenters. The Hall–Kier alpha value is -1.68. The summed E-state index contributed by atoms with van der Waals surface area (Å²) in [4.78, 5) is 0. The Bertz CT molecular complexity index is 832. The number of hydrogen-bond donors (Lipinski definition) is 2. The van der Waals surface area contributed by atoms with Gasteiger partial charge in [-0.05, 0) is 52.4 Å². The minimum absolute atomic E-state index is 0.0919. The van der Waals surface area contributed by atoms with Crippen molar-refractivity contribution in [1.82, 2.24) is 4.72 Å². The van der Waals surface area contributed by atoms with Crippen molar-refractivity contribution in [3.8, 4) is 11.5 Å². The molecule has 0 radical (unpaired) electrons. The predicted molar refractivity (Wildman–Crippen MR) is 98.6 cm³/mol. The summed E-state index contributed by atoms with van der Waals surface area (Å²) in [5.41, 5.74) is 0.327. The first-order valence-corrected chi connectivity index (χ1v) is 10.7. The number of halogens is 3. The number of fused-ring (bicyclic) bond motifs is 1. The highest BCUT2D eigenvalue weighted by atomic mass is 32.2. The normalized spacial score (nSPS) is 24.2. The smallest absolute Gasteiger partial charge is 0.395 e. The second kappa shape index (κ2) is 7.29. The van der Waals surface area contributed by atoms with Crippen LogP contribution in [0.25, 0.3) is 0 Å². The number of ether oxygens (including phenoxy) is 2. The Morgan fingerprint density at radius 1 is 1.14 bits per heavy atom. The maximum Gasteiger partial charge on any atom is 0.586 e. The largest absolute Gasteiger partial charge is 0.586 e. The summed E-state index contributed by atoms with van der Waals surface area (Å²) in [7, 11) is -3.38. The second-order valence-corrected chi connectivity index (χ2v) is 10.8. The first kappa shape index (κ1) is 21.0. The molecule has 0 saturated heterocycles. The molecule has 1 aliphatic heterocycles. The summed E-state index contributed by atoms with van der Waals surface area (Å²) in [6, 6.07) is 2.28. The topological polar surface area (TPSA) is 76.7 Å². The van der Waals surface area contributed by atoms with Gasteiger partial charge in [-0.2, -0.15) is 0 Å². The number of sulfonamides is 1. The van der Waals surface area contributed by atoms with Crippen LogP contribution in [0.1, 0.15) is 46.5 Å². The van der Waals surface area contributed by atoms with Gasteiger partial charge in [-0.15, -0.1) is 8.78 Å². The molecule has 0 aromatic heterocycles. The van der Waals surface area contributed by atoms with Gasteiger partial charge in [-0.25, -0.2) is 17.5 Å². The van der Waals surface area contributed by atoms with Crippen LogP contribution in [0, 0.1) is 11.7 Å². The third kappa shape index (κ3) is 4.65. The van der Waals surface area contributed by atoms with Gasteiger partial charge >= 0.3 is 6.29 Å². The first-order valence-electron chi connectivity index (χ1n) is 9.21. The lowest BCUT2D eigenvalue weighted by molar-refractivity contribution is -0.287. The molecule has 1 aromatic carbocycles. The number of alkyl halides is 2. The highest BCUT2D eigenvalue weighted by molar-refractivity contribution is 7.90. The molecule has 0 amide bonds. The lowest BCUT2D eigenvalue weighted by atomic mass is 9.86. The van der Waals surface area contributed by atoms with Gasteiger partial charge in [0.15, 0.2) is 11.6 Å². The van der Waals surface area contributed by atoms with Crippen LogP contribution >= 0.6 is 0 Å². The van der Waals surface area contributed by atoms with Crippen LogP contribution in [-0.2, 0) is 10.0 Å². The van der Waals surface area contributed by atoms with E-state index in [2.05, 4.69) is 19.5 Å². The average molecular weight is 422 g/mol. The summed E-state index contributed by atoms with van der Waals surface area (Å²) in [5.74, 6) is -1.59. The van der Waals surface area contributed by atoms with Crippen LogP contribution in [-0.4, -0.2) is 32.0 Å². The number of nitrogens with one attached hydrogen (secondary N) is 2. The lowest BCUT2D eigenvalue weighted by Crippen LogP contribution is -2.46. The Balaban J connectivity index is 1.51. The summed E-state index contributed by atoms with van der Waals surface area (Å²) in [6.07, 6.45) is -0.835. The SMILES string of the molecule is CC(C)(C)S(=O)(=O)N[C@H]1CC[C@H](CNc2cc(F)c3c(c2)OC(F)(F)O3)CC1. The van der Waals surface area contributed by atoms with Crippen molar-refractivity contribution >= 4 is 15.7 Å². The molecule has 1 aliphatic carbocycles. The summed E-state index contributed by atoms with van der Waals surface area (Å²) >= 11 is 0. The molecule has 1 aromatic rings. The summed E-state index contributed by atoms with van der Waals surface area (Å²) < 4.78 is 74.9. The fourth-order valence-electron chi connectivity index (χ4n) is 3.26. The Labute approximate surface area is 162 Å². The van der Waals surface area contributed by atoms with E-state index in [1.165, 1.54) is 6.07 Å². The molecule has 6 nitrogen and oxygen atoms in total. The van der Waals surface area contributed by atoms with Crippen molar-refractivity contribution in [3.63, 3.8) is 0 Å². The third-order valence-corrected chi connectivity index (χ3v) is 7.28. The van der Waals surface area contributed by atoms with E-state index in [4.69, 9.17) is 0 Å². The van der Waals surface area contributed by atoms with Crippen molar-refractivity contribution in [2.75, 3.05) is 11.9 Å². The van der Waals surface area contributed by atoms with Crippen molar-refractivity contribution in [2.24, 2.45) is 5.92 Å². The van der Waals surface area contributed by atoms with Gasteiger partial charge in [0.1, 0.15) is 0 Å². The van der Waals surface area contributed by atoms with Crippen LogP contribution in [0.4, 0.5) is 18.9 Å². The quantitative estimate of drug-likeness (QED) is 0.754. The van der Waals surface area contributed by atoms with Crippen LogP contribution < -0.4 is 19.5 Å². The minimum Gasteiger partial charge on any atom is -0.395 e. The average Bonchev–Trinajstić information content (AvgIpc) is 2.87. The number of rotatable bonds is 5. The van der Waals surface area contributed by atoms with Crippen molar-refractivity contribution in [3.05, 3.63) is 17.9 Å². The zero-order valence-electron chi connectivity index (χ0n) is 16.0. The minimum atomic E-state index is -3.86. The van der Waals surface area contributed by atoms with E-state index >= 15 is 0 Å². The fraction of sp³-hybridized carbons (Fsp3) is 0.667. The molecule has 2 aliphatic rings. The van der Waals surface area contributed by atoms with E-state index in [0.717, 1.165) is 18.9 Å². The first-order chi connectivity index (χ1) is 12.9. The molecular weight excluding hydrogens is 397 g/mol. The summed E-state index contributed by atoms with van der Waals surface area (Å²) in [6.45, 7) is 5.50. The summed E-state index contributed by atoms with van der Waals surface area (Å²) in [5, 5.41) is 3.04. The molecule has 1 heterocycles. The number of benzene rings is 1. The molecule has 28 heavy (non-hydrogen) atoms. The van der Waals surface area contributed by atoms with Gasteiger partial charge in [0, 0.05) is 30.4 Å². The van der Waals surface area contributed by atoms with E-state index in [-0.39, 0.29) is 17.7 Å². The Morgan fingerprint density at radius 2 is 1.79 bits per heavy atom. The third-order valence-electron chi connectivity index (χ3n) is 5.03. The van der Waals surface area contributed by atoms with Crippen LogP contribution in [0.3, 0.4) is 0 Å². The molecule has 2 N–H and O–H groups in total. The van der Waals surface area contributed by atoms with Crippen molar-refractivity contribution in [1.29, 1.82) is 0 Å². The highest BCUT2D eigenvalue weighted by Gasteiger charge is 2.45. The lowest BCUT2D eigenvalue weighted by Gasteiger charge is -2.31. The molecule has 1 saturated carbocycles. The van der Waals surface area contributed by atoms with Crippen LogP contribution in [0.5, 0.6) is 11.5 Å². The van der Waals surface area contributed by atoms with Crippen LogP contribution in [0.2, 0.25) is 0 Å². The molecule has 0 unspecified atom stereocenters. The second-order valence-electron chi connectivity index (χ2n) is 8.29. The van der Waals surface area contributed by atoms with Gasteiger partial charge in [0.25, 0.3) is 0 Å². The highest BCUT2D eigenvalue weighted by Crippen LogP contribution is 2.44. The standard InChI is InChI=1S/C18H25F3N2O4S/c1-17(2,3)28(24,25)23-12-6-4-11(5-7-12)10-22-13-8-14(19)16-15(9-13)26-18(20,21)27-16/h8-9,11-12,22-23H,4-7,10H2,1-3H3/t11-,12-. The van der Waals surface area contributed by atoms with Gasteiger partial charge in [0.2, 0.25) is 15.8 Å². The molecule has 0 spiro atoms. The van der Waals surface area contributed by atoms with E-state index in [1.807, 2.05) is 0 Å². The van der Waals surface area contributed by atoms with Crippen molar-refractivity contribution < 1.29 is 31.1 Å². The molecule has 10 heteroatoms. The maximum absolute atomic E-state index is 13.9. The molecule has 158 valence electrons. The number of anilines is 1. The van der Waals surface area contributed by atoms with E-state index in [0.29, 0.717) is 25.1 Å². The monoisotopic (exact) mass is 422 g/mol. The molecular formula is C18H25F3N2O4S. The van der Waals surface area contributed by atoms with E-state index < -0.39 is 32.6 Å². The predicted octanol–water partition coefficient (Wildman–Crippen LogP) is 3.84. The van der Waals surface area contributed by atoms with Gasteiger partial charge in [-0.3, -0.25) is 0 Å². The van der Waals surface area contributed by atoms with Gasteiger partial charge in [-0.1, -0.05) is 0 Å². The van der Waals surface area contributed by atoms with Gasteiger partial charge < -0.3 is 14.8 Å². The zero-order valence-corrected chi connectivity index (χ0v) is 16.8. The van der Waals surface area contributed by atoms with Crippen molar-refractivity contribution in [2.45, 2.75) is 63.5 Å². The molecule has 1 fully saturated rings. The van der Waals surface area contributed by atoms with E-state index in [1.54, 1.807) is 20.8 Å². The maximum atomic E-state index is 13.9. The van der Waals surface area contributed by atoms with Gasteiger partial charge in [0.05, 0.1) is 4.75 Å². The fourth-order valence-corrected chi connectivity index (χ4v) is 4.28. The molecule has 0 bridgehead atoms.